The molecule has 98 valence electrons. The zero-order valence-electron chi connectivity index (χ0n) is 10.8. The molecule has 1 saturated carbocycles. The number of aliphatic imine (C=N–C) groups is 1. The SMILES string of the molecule is Cn1cc(Br)c2cccc(C3(N=C=O)CCCC3)c21. The van der Waals surface area contributed by atoms with Crippen molar-refractivity contribution in [2.45, 2.75) is 31.2 Å². The molecule has 1 aromatic heterocycles. The number of carbonyl (C=O) groups excluding carboxylic acids is 1. The summed E-state index contributed by atoms with van der Waals surface area (Å²) in [4.78, 5) is 15.0. The van der Waals surface area contributed by atoms with Crippen LogP contribution in [0.25, 0.3) is 10.9 Å². The first-order valence-corrected chi connectivity index (χ1v) is 7.30. The van der Waals surface area contributed by atoms with Gasteiger partial charge in [-0.1, -0.05) is 31.0 Å². The molecule has 0 radical (unpaired) electrons. The van der Waals surface area contributed by atoms with Crippen LogP contribution in [-0.4, -0.2) is 10.6 Å². The molecule has 1 heterocycles. The van der Waals surface area contributed by atoms with Crippen molar-refractivity contribution in [3.05, 3.63) is 34.4 Å². The topological polar surface area (TPSA) is 34.4 Å². The average molecular weight is 319 g/mol. The van der Waals surface area contributed by atoms with Crippen molar-refractivity contribution in [3.8, 4) is 0 Å². The van der Waals surface area contributed by atoms with Gasteiger partial charge in [0.05, 0.1) is 5.52 Å². The van der Waals surface area contributed by atoms with E-state index in [1.54, 1.807) is 6.08 Å². The van der Waals surface area contributed by atoms with Crippen molar-refractivity contribution in [2.24, 2.45) is 12.0 Å². The van der Waals surface area contributed by atoms with Crippen LogP contribution in [0.2, 0.25) is 0 Å². The monoisotopic (exact) mass is 318 g/mol. The maximum Gasteiger partial charge on any atom is 0.235 e. The molecule has 1 aromatic carbocycles. The summed E-state index contributed by atoms with van der Waals surface area (Å²) < 4.78 is 3.19. The molecule has 0 unspecified atom stereocenters. The molecular formula is C15H15BrN2O. The summed E-state index contributed by atoms with van der Waals surface area (Å²) in [6.45, 7) is 0. The predicted molar refractivity (Wildman–Crippen MR) is 78.9 cm³/mol. The van der Waals surface area contributed by atoms with Gasteiger partial charge >= 0.3 is 0 Å². The number of aryl methyl sites for hydroxylation is 1. The third kappa shape index (κ3) is 1.87. The van der Waals surface area contributed by atoms with E-state index in [0.717, 1.165) is 41.2 Å². The van der Waals surface area contributed by atoms with Crippen LogP contribution in [-0.2, 0) is 17.4 Å². The van der Waals surface area contributed by atoms with E-state index >= 15 is 0 Å². The molecule has 1 aliphatic rings. The third-order valence-electron chi connectivity index (χ3n) is 4.14. The lowest BCUT2D eigenvalue weighted by atomic mass is 9.87. The van der Waals surface area contributed by atoms with Gasteiger partial charge in [0.1, 0.15) is 5.54 Å². The molecule has 0 spiro atoms. The lowest BCUT2D eigenvalue weighted by Crippen LogP contribution is -2.20. The van der Waals surface area contributed by atoms with Crippen LogP contribution in [0.1, 0.15) is 31.2 Å². The van der Waals surface area contributed by atoms with E-state index in [9.17, 15) is 4.79 Å². The van der Waals surface area contributed by atoms with Crippen molar-refractivity contribution in [2.75, 3.05) is 0 Å². The molecule has 3 nitrogen and oxygen atoms in total. The first-order chi connectivity index (χ1) is 9.18. The standard InChI is InChI=1S/C15H15BrN2O/c1-18-9-13(16)11-5-4-6-12(14(11)18)15(17-10-19)7-2-3-8-15/h4-6,9H,2-3,7-8H2,1H3. The zero-order valence-corrected chi connectivity index (χ0v) is 12.4. The number of halogens is 1. The number of fused-ring (bicyclic) bond motifs is 1. The first-order valence-electron chi connectivity index (χ1n) is 6.51. The molecule has 1 fully saturated rings. The van der Waals surface area contributed by atoms with Gasteiger partial charge in [-0.3, -0.25) is 0 Å². The van der Waals surface area contributed by atoms with Gasteiger partial charge in [-0.25, -0.2) is 4.79 Å². The van der Waals surface area contributed by atoms with Crippen molar-refractivity contribution < 1.29 is 4.79 Å². The summed E-state index contributed by atoms with van der Waals surface area (Å²) >= 11 is 3.59. The van der Waals surface area contributed by atoms with Crippen LogP contribution in [0.5, 0.6) is 0 Å². The number of aromatic nitrogens is 1. The van der Waals surface area contributed by atoms with Gasteiger partial charge in [0.15, 0.2) is 0 Å². The molecule has 2 aromatic rings. The summed E-state index contributed by atoms with van der Waals surface area (Å²) in [7, 11) is 2.03. The third-order valence-corrected chi connectivity index (χ3v) is 4.78. The molecule has 3 rings (SSSR count). The Bertz CT molecular complexity index is 677. The van der Waals surface area contributed by atoms with Crippen molar-refractivity contribution >= 4 is 32.9 Å². The summed E-state index contributed by atoms with van der Waals surface area (Å²) in [6.07, 6.45) is 7.96. The summed E-state index contributed by atoms with van der Waals surface area (Å²) in [5.74, 6) is 0. The van der Waals surface area contributed by atoms with Gasteiger partial charge in [-0.05, 0) is 28.8 Å². The molecule has 0 amide bonds. The molecule has 4 heteroatoms. The molecule has 1 aliphatic carbocycles. The summed E-state index contributed by atoms with van der Waals surface area (Å²) in [5, 5.41) is 1.17. The van der Waals surface area contributed by atoms with Crippen LogP contribution in [0.3, 0.4) is 0 Å². The number of nitrogens with zero attached hydrogens (tertiary/aromatic N) is 2. The summed E-state index contributed by atoms with van der Waals surface area (Å²) in [6, 6.07) is 6.24. The Morgan fingerprint density at radius 1 is 1.37 bits per heavy atom. The van der Waals surface area contributed by atoms with Crippen LogP contribution in [0, 0.1) is 0 Å². The number of hydrogen-bond donors (Lipinski definition) is 0. The van der Waals surface area contributed by atoms with E-state index in [1.165, 1.54) is 5.39 Å². The minimum Gasteiger partial charge on any atom is -0.349 e. The predicted octanol–water partition coefficient (Wildman–Crippen LogP) is 4.05. The zero-order chi connectivity index (χ0) is 13.5. The first kappa shape index (κ1) is 12.6. The highest BCUT2D eigenvalue weighted by atomic mass is 79.9. The van der Waals surface area contributed by atoms with Gasteiger partial charge in [-0.15, -0.1) is 0 Å². The van der Waals surface area contributed by atoms with E-state index in [1.807, 2.05) is 13.1 Å². The Morgan fingerprint density at radius 3 is 2.79 bits per heavy atom. The van der Waals surface area contributed by atoms with E-state index in [0.29, 0.717) is 0 Å². The fourth-order valence-corrected chi connectivity index (χ4v) is 3.91. The highest BCUT2D eigenvalue weighted by Gasteiger charge is 2.37. The van der Waals surface area contributed by atoms with E-state index in [-0.39, 0.29) is 5.54 Å². The fourth-order valence-electron chi connectivity index (χ4n) is 3.28. The number of benzene rings is 1. The number of isocyanates is 1. The van der Waals surface area contributed by atoms with Crippen molar-refractivity contribution in [1.82, 2.24) is 4.57 Å². The van der Waals surface area contributed by atoms with E-state index in [4.69, 9.17) is 0 Å². The van der Waals surface area contributed by atoms with E-state index in [2.05, 4.69) is 43.8 Å². The number of rotatable bonds is 2. The highest BCUT2D eigenvalue weighted by Crippen LogP contribution is 2.45. The highest BCUT2D eigenvalue weighted by molar-refractivity contribution is 9.10. The maximum absolute atomic E-state index is 10.9. The second-order valence-corrected chi connectivity index (χ2v) is 6.09. The molecule has 0 bridgehead atoms. The lowest BCUT2D eigenvalue weighted by Gasteiger charge is -2.24. The second-order valence-electron chi connectivity index (χ2n) is 5.23. The minimum absolute atomic E-state index is 0.368. The Kier molecular flexibility index (Phi) is 3.08. The number of hydrogen-bond acceptors (Lipinski definition) is 2. The molecular weight excluding hydrogens is 304 g/mol. The minimum atomic E-state index is -0.368. The van der Waals surface area contributed by atoms with Crippen LogP contribution in [0.15, 0.2) is 33.9 Å². The Labute approximate surface area is 120 Å². The average Bonchev–Trinajstić information content (AvgIpc) is 2.97. The second kappa shape index (κ2) is 4.62. The van der Waals surface area contributed by atoms with Gasteiger partial charge in [0, 0.05) is 28.7 Å². The van der Waals surface area contributed by atoms with E-state index < -0.39 is 0 Å². The largest absolute Gasteiger partial charge is 0.349 e. The maximum atomic E-state index is 10.9. The Balaban J connectivity index is 2.32. The Hall–Kier alpha value is -1.38. The van der Waals surface area contributed by atoms with Crippen molar-refractivity contribution in [1.29, 1.82) is 0 Å². The van der Waals surface area contributed by atoms with Crippen molar-refractivity contribution in [3.63, 3.8) is 0 Å². The fraction of sp³-hybridized carbons (Fsp3) is 0.400. The van der Waals surface area contributed by atoms with Crippen LogP contribution < -0.4 is 0 Å². The van der Waals surface area contributed by atoms with Crippen LogP contribution >= 0.6 is 15.9 Å². The van der Waals surface area contributed by atoms with Gasteiger partial charge < -0.3 is 4.57 Å². The van der Waals surface area contributed by atoms with Gasteiger partial charge in [0.25, 0.3) is 0 Å². The lowest BCUT2D eigenvalue weighted by molar-refractivity contribution is 0.458. The molecule has 0 atom stereocenters. The molecule has 0 N–H and O–H groups in total. The van der Waals surface area contributed by atoms with Gasteiger partial charge in [0.2, 0.25) is 6.08 Å². The van der Waals surface area contributed by atoms with Gasteiger partial charge in [-0.2, -0.15) is 4.99 Å². The smallest absolute Gasteiger partial charge is 0.235 e. The molecule has 0 saturated heterocycles. The summed E-state index contributed by atoms with van der Waals surface area (Å²) in [5.41, 5.74) is 1.95. The quantitative estimate of drug-likeness (QED) is 0.607. The number of para-hydroxylation sites is 1. The normalized spacial score (nSPS) is 17.6. The Morgan fingerprint density at radius 2 is 2.11 bits per heavy atom. The van der Waals surface area contributed by atoms with Crippen LogP contribution in [0.4, 0.5) is 0 Å². The molecule has 19 heavy (non-hydrogen) atoms. The molecule has 0 aliphatic heterocycles.